The second-order valence-corrected chi connectivity index (χ2v) is 0.238. The van der Waals surface area contributed by atoms with E-state index in [9.17, 15) is 0 Å². The first-order chi connectivity index (χ1) is 1.73. The zero-order valence-electron chi connectivity index (χ0n) is 3.11. The van der Waals surface area contributed by atoms with Gasteiger partial charge in [0.15, 0.2) is 0 Å². The molecule has 0 aromatic heterocycles. The summed E-state index contributed by atoms with van der Waals surface area (Å²) < 4.78 is 0. The third-order valence-corrected chi connectivity index (χ3v) is 0. The van der Waals surface area contributed by atoms with Gasteiger partial charge in [0.2, 0.25) is 0 Å². The van der Waals surface area contributed by atoms with Crippen LogP contribution in [0.2, 0.25) is 0 Å². The van der Waals surface area contributed by atoms with E-state index in [2.05, 4.69) is 0 Å². The molecule has 0 saturated carbocycles. The second kappa shape index (κ2) is 16.6. The van der Waals surface area contributed by atoms with Gasteiger partial charge in [-0.15, -0.1) is 10.1 Å². The quantitative estimate of drug-likeness (QED) is 0.346. The van der Waals surface area contributed by atoms with Gasteiger partial charge in [0, 0.05) is 0 Å². The average molecular weight is 304 g/mol. The van der Waals surface area contributed by atoms with Crippen LogP contribution in [0.1, 0.15) is 0 Å². The van der Waals surface area contributed by atoms with Gasteiger partial charge in [-0.3, -0.25) is 0 Å². The molecule has 7 heavy (non-hydrogen) atoms. The van der Waals surface area contributed by atoms with Crippen LogP contribution in [0, 0.1) is 10.1 Å². The summed E-state index contributed by atoms with van der Waals surface area (Å²) in [6.07, 6.45) is 0. The maximum Gasteiger partial charge on any atom is 2.00 e. The number of rotatable bonds is 0. The van der Waals surface area contributed by atoms with Gasteiger partial charge in [0.1, 0.15) is 0 Å². The van der Waals surface area contributed by atoms with Crippen molar-refractivity contribution in [2.45, 2.75) is 0 Å². The Labute approximate surface area is 59.0 Å². The topological polar surface area (TPSA) is 123 Å². The van der Waals surface area contributed by atoms with E-state index in [1.807, 2.05) is 0 Å². The normalized spacial score (nSPS) is 3.43. The number of hydrogen-bond donors (Lipinski definition) is 1. The first-order valence-electron chi connectivity index (χ1n) is 0.565. The van der Waals surface area contributed by atoms with E-state index in [0.29, 0.717) is 0 Å². The molecule has 0 fully saturated rings. The summed E-state index contributed by atoms with van der Waals surface area (Å²) in [4.78, 5) is 8.36. The van der Waals surface area contributed by atoms with Crippen molar-refractivity contribution in [3.05, 3.63) is 10.1 Å². The molecular weight excluding hydrogens is 301 g/mol. The van der Waals surface area contributed by atoms with Crippen molar-refractivity contribution in [3.8, 4) is 0 Å². The van der Waals surface area contributed by atoms with Crippen LogP contribution in [0.4, 0.5) is 0 Å². The molecule has 0 spiro atoms. The van der Waals surface area contributed by atoms with Gasteiger partial charge in [-0.2, -0.15) is 0 Å². The molecule has 0 aromatic rings. The smallest absolute Gasteiger partial charge is 0.870 e. The van der Waals surface area contributed by atoms with Crippen molar-refractivity contribution in [1.29, 1.82) is 0 Å². The third-order valence-electron chi connectivity index (χ3n) is 0. The van der Waals surface area contributed by atoms with Crippen molar-refractivity contribution in [2.75, 3.05) is 0 Å². The van der Waals surface area contributed by atoms with E-state index in [1.165, 1.54) is 0 Å². The van der Waals surface area contributed by atoms with E-state index in [4.69, 9.17) is 15.3 Å². The molecule has 0 heterocycles. The van der Waals surface area contributed by atoms with E-state index in [0.717, 1.165) is 0 Å². The Bertz CT molecular complexity index is 31.1. The maximum absolute atomic E-state index is 8.36. The van der Waals surface area contributed by atoms with E-state index in [-0.39, 0.29) is 38.3 Å². The van der Waals surface area contributed by atoms with Crippen LogP contribution in [0.15, 0.2) is 0 Å². The largest absolute Gasteiger partial charge is 2.00 e. The molecule has 0 aromatic carbocycles. The molecule has 2 radical (unpaired) electrons. The van der Waals surface area contributed by atoms with Crippen LogP contribution in [0.25, 0.3) is 0 Å². The molecule has 0 unspecified atom stereocenters. The molecular formula is H3NO5Pb. The summed E-state index contributed by atoms with van der Waals surface area (Å²) in [6, 6.07) is 0. The van der Waals surface area contributed by atoms with Crippen LogP contribution in [-0.2, 0) is 0 Å². The molecule has 0 bridgehead atoms. The van der Waals surface area contributed by atoms with Crippen molar-refractivity contribution in [3.63, 3.8) is 0 Å². The van der Waals surface area contributed by atoms with Crippen molar-refractivity contribution < 1.29 is 21.2 Å². The summed E-state index contributed by atoms with van der Waals surface area (Å²) in [5.41, 5.74) is 0. The van der Waals surface area contributed by atoms with E-state index < -0.39 is 5.09 Å². The molecule has 0 amide bonds. The zero-order valence-corrected chi connectivity index (χ0v) is 6.99. The van der Waals surface area contributed by atoms with Gasteiger partial charge in [-0.05, 0) is 0 Å². The molecule has 0 aliphatic heterocycles. The van der Waals surface area contributed by atoms with Crippen molar-refractivity contribution in [1.82, 2.24) is 0 Å². The van der Waals surface area contributed by atoms with Gasteiger partial charge >= 0.3 is 27.3 Å². The van der Waals surface area contributed by atoms with Crippen molar-refractivity contribution in [2.24, 2.45) is 0 Å². The first kappa shape index (κ1) is 27.8. The van der Waals surface area contributed by atoms with Gasteiger partial charge in [-0.25, -0.2) is 0 Å². The second-order valence-electron chi connectivity index (χ2n) is 0.238. The Morgan fingerprint density at radius 3 is 1.43 bits per heavy atom. The Morgan fingerprint density at radius 1 is 1.43 bits per heavy atom. The third kappa shape index (κ3) is 55800. The minimum Gasteiger partial charge on any atom is -0.870 e. The number of nitrogens with zero attached hydrogens (tertiary/aromatic N) is 1. The van der Waals surface area contributed by atoms with Crippen LogP contribution in [-0.4, -0.2) is 48.5 Å². The predicted molar refractivity (Wildman–Crippen MR) is 18.4 cm³/mol. The van der Waals surface area contributed by atoms with Crippen molar-refractivity contribution >= 4 is 27.3 Å². The minimum absolute atomic E-state index is 0. The molecule has 0 saturated heterocycles. The standard InChI is InChI=1S/HNO3.2H2O.Pb/c2-1(3)4;;;/h(H,2,3,4);2*1H2;/q;;;+2/p-2. The van der Waals surface area contributed by atoms with E-state index in [1.54, 1.807) is 0 Å². The van der Waals surface area contributed by atoms with Crippen LogP contribution < -0.4 is 0 Å². The Balaban J connectivity index is -0.0000000150. The molecule has 0 rings (SSSR count). The molecule has 42 valence electrons. The van der Waals surface area contributed by atoms with Crippen LogP contribution in [0.5, 0.6) is 0 Å². The molecule has 0 atom stereocenters. The van der Waals surface area contributed by atoms with E-state index >= 15 is 0 Å². The molecule has 0 aliphatic rings. The minimum atomic E-state index is -1.50. The zero-order chi connectivity index (χ0) is 3.58. The fourth-order valence-electron chi connectivity index (χ4n) is 0. The molecule has 7 heteroatoms. The van der Waals surface area contributed by atoms with Crippen LogP contribution in [0.3, 0.4) is 0 Å². The summed E-state index contributed by atoms with van der Waals surface area (Å²) in [7, 11) is 0. The number of hydrogen-bond acceptors (Lipinski definition) is 4. The fraction of sp³-hybridized carbons (Fsp3) is 0. The molecule has 6 nitrogen and oxygen atoms in total. The Hall–Kier alpha value is 0.0421. The maximum atomic E-state index is 8.36. The van der Waals surface area contributed by atoms with Gasteiger partial charge < -0.3 is 16.2 Å². The summed E-state index contributed by atoms with van der Waals surface area (Å²) in [5, 5.41) is 13.6. The molecule has 3 N–H and O–H groups in total. The van der Waals surface area contributed by atoms with Gasteiger partial charge in [0.05, 0.1) is 0 Å². The fourth-order valence-corrected chi connectivity index (χ4v) is 0. The summed E-state index contributed by atoms with van der Waals surface area (Å²) >= 11 is 0. The summed E-state index contributed by atoms with van der Waals surface area (Å²) in [5.74, 6) is 0. The van der Waals surface area contributed by atoms with Gasteiger partial charge in [0.25, 0.3) is 5.09 Å². The van der Waals surface area contributed by atoms with Crippen LogP contribution >= 0.6 is 0 Å². The van der Waals surface area contributed by atoms with Gasteiger partial charge in [-0.1, -0.05) is 0 Å². The monoisotopic (exact) mass is 305 g/mol. The Kier molecular flexibility index (Phi) is 65.9. The summed E-state index contributed by atoms with van der Waals surface area (Å²) in [6.45, 7) is 0. The predicted octanol–water partition coefficient (Wildman–Crippen LogP) is -1.08. The molecule has 0 aliphatic carbocycles. The first-order valence-corrected chi connectivity index (χ1v) is 0.565. The SMILES string of the molecule is O=[N+]([O-])O.[OH-].[OH-].[Pb+2]. The average Bonchev–Trinajstić information content (AvgIpc) is 0.811. The Morgan fingerprint density at radius 2 is 1.43 bits per heavy atom.